The van der Waals surface area contributed by atoms with Gasteiger partial charge >= 0.3 is 12.3 Å². The number of rotatable bonds is 4. The molecule has 0 fully saturated rings. The molecule has 0 aliphatic carbocycles. The number of hydrogen-bond acceptors (Lipinski definition) is 4. The maximum atomic E-state index is 12.3. The predicted octanol–water partition coefficient (Wildman–Crippen LogP) is 1.76. The molecule has 0 aromatic rings. The molecule has 0 aliphatic rings. The number of aliphatic hydroxyl groups excluding tert-OH is 1. The molecule has 0 saturated heterocycles. The first-order chi connectivity index (χ1) is 7.56. The van der Waals surface area contributed by atoms with E-state index in [1.54, 1.807) is 20.8 Å². The molecule has 8 heteroatoms. The van der Waals surface area contributed by atoms with Crippen molar-refractivity contribution in [3.63, 3.8) is 0 Å². The van der Waals surface area contributed by atoms with E-state index in [1.807, 2.05) is 0 Å². The van der Waals surface area contributed by atoms with E-state index in [4.69, 9.17) is 5.11 Å². The summed E-state index contributed by atoms with van der Waals surface area (Å²) >= 11 is 0. The van der Waals surface area contributed by atoms with Crippen molar-refractivity contribution in [3.8, 4) is 0 Å². The van der Waals surface area contributed by atoms with Crippen LogP contribution in [0, 0.1) is 0 Å². The number of hydrogen-bond donors (Lipinski definition) is 2. The highest BCUT2D eigenvalue weighted by Crippen LogP contribution is 2.24. The van der Waals surface area contributed by atoms with E-state index < -0.39 is 37.0 Å². The number of carbonyl (C=O) groups is 1. The maximum absolute atomic E-state index is 12.3. The third-order valence-electron chi connectivity index (χ3n) is 1.44. The molecule has 0 spiro atoms. The number of nitrogens with one attached hydrogen (secondary N) is 1. The summed E-state index contributed by atoms with van der Waals surface area (Å²) in [4.78, 5) is 15.2. The molecule has 1 amide bonds. The van der Waals surface area contributed by atoms with Gasteiger partial charge in [0.25, 0.3) is 0 Å². The topological polar surface area (TPSA) is 67.8 Å². The molecule has 102 valence electrons. The van der Waals surface area contributed by atoms with Crippen LogP contribution in [0.15, 0.2) is 0 Å². The third kappa shape index (κ3) is 7.81. The van der Waals surface area contributed by atoms with Gasteiger partial charge in [-0.15, -0.1) is 0 Å². The lowest BCUT2D eigenvalue weighted by atomic mass is 10.2. The van der Waals surface area contributed by atoms with Crippen molar-refractivity contribution in [2.24, 2.45) is 0 Å². The van der Waals surface area contributed by atoms with Gasteiger partial charge in [0.15, 0.2) is 6.10 Å². The van der Waals surface area contributed by atoms with E-state index in [2.05, 4.69) is 9.57 Å². The van der Waals surface area contributed by atoms with Crippen molar-refractivity contribution in [3.05, 3.63) is 0 Å². The van der Waals surface area contributed by atoms with Crippen LogP contribution in [0.5, 0.6) is 0 Å². The fourth-order valence-corrected chi connectivity index (χ4v) is 0.825. The molecule has 0 heterocycles. The van der Waals surface area contributed by atoms with Crippen molar-refractivity contribution in [2.45, 2.75) is 45.1 Å². The molecule has 0 saturated carbocycles. The van der Waals surface area contributed by atoms with Crippen molar-refractivity contribution >= 4 is 6.09 Å². The number of halogens is 3. The summed E-state index contributed by atoms with van der Waals surface area (Å²) in [6.07, 6.45) is -8.72. The molecular formula is C9H16F3NO4. The van der Waals surface area contributed by atoms with E-state index >= 15 is 0 Å². The molecule has 0 rings (SSSR count). The van der Waals surface area contributed by atoms with Gasteiger partial charge in [0.05, 0.1) is 0 Å². The minimum Gasteiger partial charge on any atom is -0.442 e. The largest absolute Gasteiger partial charge is 0.442 e. The number of amides is 1. The summed E-state index contributed by atoms with van der Waals surface area (Å²) < 4.78 is 41.5. The van der Waals surface area contributed by atoms with Gasteiger partial charge in [0, 0.05) is 13.0 Å². The first kappa shape index (κ1) is 16.0. The van der Waals surface area contributed by atoms with Crippen molar-refractivity contribution in [1.82, 2.24) is 5.48 Å². The van der Waals surface area contributed by atoms with Gasteiger partial charge in [-0.3, -0.25) is 4.84 Å². The molecule has 17 heavy (non-hydrogen) atoms. The highest BCUT2D eigenvalue weighted by Gasteiger charge is 2.41. The van der Waals surface area contributed by atoms with Gasteiger partial charge in [-0.2, -0.15) is 18.7 Å². The third-order valence-corrected chi connectivity index (χ3v) is 1.44. The van der Waals surface area contributed by atoms with Crippen LogP contribution in [-0.4, -0.2) is 35.7 Å². The quantitative estimate of drug-likeness (QED) is 0.755. The second-order valence-corrected chi connectivity index (χ2v) is 4.26. The molecular weight excluding hydrogens is 243 g/mol. The van der Waals surface area contributed by atoms with Crippen molar-refractivity contribution in [2.75, 3.05) is 6.61 Å². The lowest BCUT2D eigenvalue weighted by Gasteiger charge is -2.22. The minimum atomic E-state index is -4.67. The van der Waals surface area contributed by atoms with Crippen molar-refractivity contribution in [1.29, 1.82) is 0 Å². The van der Waals surface area contributed by atoms with E-state index in [-0.39, 0.29) is 0 Å². The zero-order valence-corrected chi connectivity index (χ0v) is 9.80. The van der Waals surface area contributed by atoms with Gasteiger partial charge in [-0.25, -0.2) is 4.79 Å². The van der Waals surface area contributed by atoms with Crippen molar-refractivity contribution < 1.29 is 32.6 Å². The Labute approximate surface area is 96.8 Å². The minimum absolute atomic E-state index is 0.667. The Hall–Kier alpha value is -1.02. The molecule has 0 bridgehead atoms. The summed E-state index contributed by atoms with van der Waals surface area (Å²) in [5, 5.41) is 8.43. The molecule has 0 radical (unpaired) electrons. The molecule has 0 aliphatic heterocycles. The second-order valence-electron chi connectivity index (χ2n) is 4.26. The Bertz CT molecular complexity index is 250. The van der Waals surface area contributed by atoms with Gasteiger partial charge in [-0.1, -0.05) is 0 Å². The Morgan fingerprint density at radius 2 is 1.88 bits per heavy atom. The highest BCUT2D eigenvalue weighted by molar-refractivity contribution is 5.66. The zero-order chi connectivity index (χ0) is 13.7. The van der Waals surface area contributed by atoms with Gasteiger partial charge in [0.1, 0.15) is 5.60 Å². The van der Waals surface area contributed by atoms with E-state index in [1.165, 1.54) is 5.48 Å². The highest BCUT2D eigenvalue weighted by atomic mass is 19.4. The Kier molecular flexibility index (Phi) is 5.70. The van der Waals surface area contributed by atoms with E-state index in [0.29, 0.717) is 0 Å². The zero-order valence-electron chi connectivity index (χ0n) is 9.80. The number of alkyl halides is 3. The van der Waals surface area contributed by atoms with Crippen LogP contribution in [0.25, 0.3) is 0 Å². The fraction of sp³-hybridized carbons (Fsp3) is 0.889. The first-order valence-corrected chi connectivity index (χ1v) is 4.88. The normalized spacial score (nSPS) is 14.3. The van der Waals surface area contributed by atoms with Crippen LogP contribution in [0.4, 0.5) is 18.0 Å². The monoisotopic (exact) mass is 259 g/mol. The van der Waals surface area contributed by atoms with Gasteiger partial charge in [0.2, 0.25) is 0 Å². The first-order valence-electron chi connectivity index (χ1n) is 4.88. The SMILES string of the molecule is CC(C)(C)OC(=O)NOC(CCO)C(F)(F)F. The Morgan fingerprint density at radius 1 is 1.35 bits per heavy atom. The van der Waals surface area contributed by atoms with Gasteiger partial charge in [-0.05, 0) is 20.8 Å². The summed E-state index contributed by atoms with van der Waals surface area (Å²) in [7, 11) is 0. The average Bonchev–Trinajstić information content (AvgIpc) is 2.07. The summed E-state index contributed by atoms with van der Waals surface area (Å²) in [5.74, 6) is 0. The lowest BCUT2D eigenvalue weighted by Crippen LogP contribution is -2.41. The average molecular weight is 259 g/mol. The summed E-state index contributed by atoms with van der Waals surface area (Å²) in [6.45, 7) is 3.96. The number of aliphatic hydroxyl groups is 1. The van der Waals surface area contributed by atoms with E-state index in [0.717, 1.165) is 0 Å². The molecule has 0 aromatic heterocycles. The summed E-state index contributed by atoms with van der Waals surface area (Å²) in [6, 6.07) is 0. The second kappa shape index (κ2) is 6.06. The lowest BCUT2D eigenvalue weighted by molar-refractivity contribution is -0.238. The molecule has 0 aromatic carbocycles. The smallest absolute Gasteiger partial charge is 0.431 e. The van der Waals surface area contributed by atoms with Crippen LogP contribution < -0.4 is 5.48 Å². The Morgan fingerprint density at radius 3 is 2.24 bits per heavy atom. The maximum Gasteiger partial charge on any atom is 0.431 e. The fourth-order valence-electron chi connectivity index (χ4n) is 0.825. The van der Waals surface area contributed by atoms with Crippen LogP contribution >= 0.6 is 0 Å². The molecule has 2 N–H and O–H groups in total. The molecule has 5 nitrogen and oxygen atoms in total. The predicted molar refractivity (Wildman–Crippen MR) is 52.0 cm³/mol. The molecule has 1 unspecified atom stereocenters. The van der Waals surface area contributed by atoms with Gasteiger partial charge < -0.3 is 9.84 Å². The van der Waals surface area contributed by atoms with Crippen LogP contribution in [0.3, 0.4) is 0 Å². The Balaban J connectivity index is 4.18. The number of ether oxygens (including phenoxy) is 1. The van der Waals surface area contributed by atoms with Crippen LogP contribution in [0.2, 0.25) is 0 Å². The number of carbonyl (C=O) groups excluding carboxylic acids is 1. The van der Waals surface area contributed by atoms with E-state index in [9.17, 15) is 18.0 Å². The standard InChI is InChI=1S/C9H16F3NO4/c1-8(2,3)16-7(15)13-17-6(4-5-14)9(10,11)12/h6,14H,4-5H2,1-3H3,(H,13,15). The van der Waals surface area contributed by atoms with Crippen LogP contribution in [-0.2, 0) is 9.57 Å². The van der Waals surface area contributed by atoms with Crippen LogP contribution in [0.1, 0.15) is 27.2 Å². The number of hydroxylamine groups is 1. The summed E-state index contributed by atoms with van der Waals surface area (Å²) in [5.41, 5.74) is 0.703. The molecule has 1 atom stereocenters.